The number of rotatable bonds is 9. The van der Waals surface area contributed by atoms with E-state index in [1.54, 1.807) is 42.3 Å². The number of aromatic nitrogens is 2. The highest BCUT2D eigenvalue weighted by Gasteiger charge is 2.07. The van der Waals surface area contributed by atoms with Crippen molar-refractivity contribution in [2.24, 2.45) is 4.99 Å². The van der Waals surface area contributed by atoms with Crippen LogP contribution in [0.4, 0.5) is 10.1 Å². The Bertz CT molecular complexity index is 1030. The van der Waals surface area contributed by atoms with Crippen LogP contribution in [0.2, 0.25) is 0 Å². The summed E-state index contributed by atoms with van der Waals surface area (Å²) < 4.78 is 20.3. The second kappa shape index (κ2) is 13.4. The number of hydrogen-bond donors (Lipinski definition) is 3. The molecule has 0 bridgehead atoms. The van der Waals surface area contributed by atoms with E-state index in [0.717, 1.165) is 5.56 Å². The first-order chi connectivity index (χ1) is 15.5. The van der Waals surface area contributed by atoms with Gasteiger partial charge in [0.1, 0.15) is 24.2 Å². The number of guanidine groups is 1. The molecule has 1 heterocycles. The summed E-state index contributed by atoms with van der Waals surface area (Å²) in [5, 5.41) is 13.3. The molecule has 1 atom stereocenters. The maximum atomic E-state index is 13.0. The minimum atomic E-state index is -0.297. The van der Waals surface area contributed by atoms with Gasteiger partial charge in [0, 0.05) is 31.7 Å². The number of carbonyl (C=O) groups excluding carboxylic acids is 1. The molecule has 3 N–H and O–H groups in total. The van der Waals surface area contributed by atoms with Gasteiger partial charge in [-0.2, -0.15) is 5.10 Å². The van der Waals surface area contributed by atoms with Crippen LogP contribution in [-0.2, 0) is 17.9 Å². The first-order valence-electron chi connectivity index (χ1n) is 10.2. The van der Waals surface area contributed by atoms with Crippen LogP contribution >= 0.6 is 24.0 Å². The van der Waals surface area contributed by atoms with Crippen LogP contribution in [0.25, 0.3) is 0 Å². The van der Waals surface area contributed by atoms with E-state index in [0.29, 0.717) is 30.5 Å². The fourth-order valence-electron chi connectivity index (χ4n) is 2.93. The number of amides is 1. The van der Waals surface area contributed by atoms with Crippen molar-refractivity contribution >= 4 is 41.5 Å². The summed E-state index contributed by atoms with van der Waals surface area (Å²) in [5.41, 5.74) is 1.70. The molecular weight excluding hydrogens is 538 g/mol. The zero-order valence-corrected chi connectivity index (χ0v) is 20.8. The monoisotopic (exact) mass is 566 g/mol. The van der Waals surface area contributed by atoms with Crippen molar-refractivity contribution in [3.63, 3.8) is 0 Å². The number of nitrogens with zero attached hydrogens (tertiary/aromatic N) is 3. The highest BCUT2D eigenvalue weighted by Crippen LogP contribution is 2.13. The summed E-state index contributed by atoms with van der Waals surface area (Å²) in [6.07, 6.45) is 3.23. The molecular formula is C23H28FIN6O2. The van der Waals surface area contributed by atoms with Crippen molar-refractivity contribution in [3.05, 3.63) is 78.4 Å². The number of halogens is 2. The molecule has 3 rings (SSSR count). The fourth-order valence-corrected chi connectivity index (χ4v) is 2.93. The third-order valence-electron chi connectivity index (χ3n) is 4.47. The molecule has 1 amide bonds. The normalized spacial score (nSPS) is 11.8. The first kappa shape index (κ1) is 26.1. The molecule has 0 aliphatic heterocycles. The van der Waals surface area contributed by atoms with Crippen LogP contribution in [0.1, 0.15) is 12.5 Å². The van der Waals surface area contributed by atoms with Crippen LogP contribution in [0, 0.1) is 5.82 Å². The van der Waals surface area contributed by atoms with Gasteiger partial charge in [0.2, 0.25) is 5.91 Å². The van der Waals surface area contributed by atoms with Gasteiger partial charge in [0.25, 0.3) is 0 Å². The van der Waals surface area contributed by atoms with E-state index in [1.807, 2.05) is 31.2 Å². The standard InChI is InChI=1S/C23H27FN6O2.HI/c1-17(32-21-9-7-19(24)8-10-21)14-26-23(25-2)27-15-18-5-3-6-20(13-18)29-22(31)16-30-12-4-11-28-30;/h3-13,17H,14-16H2,1-2H3,(H,29,31)(H2,25,26,27);1H. The number of benzene rings is 2. The molecule has 2 aromatic carbocycles. The smallest absolute Gasteiger partial charge is 0.246 e. The Balaban J connectivity index is 0.00000385. The molecule has 0 aliphatic carbocycles. The quantitative estimate of drug-likeness (QED) is 0.210. The molecule has 33 heavy (non-hydrogen) atoms. The lowest BCUT2D eigenvalue weighted by Crippen LogP contribution is -2.41. The SMILES string of the molecule is CN=C(NCc1cccc(NC(=O)Cn2cccn2)c1)NCC(C)Oc1ccc(F)cc1.I. The van der Waals surface area contributed by atoms with E-state index in [9.17, 15) is 9.18 Å². The number of aliphatic imine (C=N–C) groups is 1. The van der Waals surface area contributed by atoms with Gasteiger partial charge in [-0.15, -0.1) is 24.0 Å². The molecule has 0 fully saturated rings. The van der Waals surface area contributed by atoms with Crippen LogP contribution < -0.4 is 20.7 Å². The van der Waals surface area contributed by atoms with Crippen molar-refractivity contribution in [3.8, 4) is 5.75 Å². The first-order valence-corrected chi connectivity index (χ1v) is 10.2. The van der Waals surface area contributed by atoms with Gasteiger partial charge in [-0.1, -0.05) is 12.1 Å². The van der Waals surface area contributed by atoms with Crippen molar-refractivity contribution < 1.29 is 13.9 Å². The molecule has 0 spiro atoms. The second-order valence-corrected chi connectivity index (χ2v) is 7.14. The summed E-state index contributed by atoms with van der Waals surface area (Å²) in [6.45, 7) is 3.11. The molecule has 0 saturated carbocycles. The number of carbonyl (C=O) groups is 1. The van der Waals surface area contributed by atoms with Crippen LogP contribution in [0.3, 0.4) is 0 Å². The molecule has 176 valence electrons. The third-order valence-corrected chi connectivity index (χ3v) is 4.47. The van der Waals surface area contributed by atoms with Crippen molar-refractivity contribution in [1.82, 2.24) is 20.4 Å². The lowest BCUT2D eigenvalue weighted by molar-refractivity contribution is -0.116. The van der Waals surface area contributed by atoms with E-state index >= 15 is 0 Å². The lowest BCUT2D eigenvalue weighted by atomic mass is 10.2. The molecule has 0 aliphatic rings. The molecule has 0 saturated heterocycles. The van der Waals surface area contributed by atoms with Gasteiger partial charge in [-0.3, -0.25) is 14.5 Å². The van der Waals surface area contributed by atoms with E-state index in [-0.39, 0.29) is 48.3 Å². The summed E-state index contributed by atoms with van der Waals surface area (Å²) in [5.74, 6) is 0.781. The highest BCUT2D eigenvalue weighted by atomic mass is 127. The van der Waals surface area contributed by atoms with Gasteiger partial charge in [0.05, 0.1) is 6.54 Å². The van der Waals surface area contributed by atoms with Gasteiger partial charge < -0.3 is 20.7 Å². The molecule has 10 heteroatoms. The number of anilines is 1. The van der Waals surface area contributed by atoms with Crippen molar-refractivity contribution in [2.45, 2.75) is 26.1 Å². The Kier molecular flexibility index (Phi) is 10.6. The zero-order valence-electron chi connectivity index (χ0n) is 18.5. The Morgan fingerprint density at radius 1 is 1.18 bits per heavy atom. The average Bonchev–Trinajstić information content (AvgIpc) is 3.28. The van der Waals surface area contributed by atoms with E-state index in [4.69, 9.17) is 4.74 Å². The lowest BCUT2D eigenvalue weighted by Gasteiger charge is -2.18. The molecule has 1 unspecified atom stereocenters. The summed E-state index contributed by atoms with van der Waals surface area (Å²) in [4.78, 5) is 16.4. The van der Waals surface area contributed by atoms with E-state index in [2.05, 4.69) is 26.0 Å². The molecule has 0 radical (unpaired) electrons. The minimum Gasteiger partial charge on any atom is -0.489 e. The van der Waals surface area contributed by atoms with E-state index < -0.39 is 0 Å². The Morgan fingerprint density at radius 2 is 1.97 bits per heavy atom. The maximum absolute atomic E-state index is 13.0. The second-order valence-electron chi connectivity index (χ2n) is 7.14. The predicted molar refractivity (Wildman–Crippen MR) is 137 cm³/mol. The third kappa shape index (κ3) is 9.08. The van der Waals surface area contributed by atoms with Gasteiger partial charge in [-0.05, 0) is 55.0 Å². The maximum Gasteiger partial charge on any atom is 0.246 e. The Morgan fingerprint density at radius 3 is 2.67 bits per heavy atom. The minimum absolute atomic E-state index is 0. The van der Waals surface area contributed by atoms with Crippen LogP contribution in [0.15, 0.2) is 72.0 Å². The molecule has 8 nitrogen and oxygen atoms in total. The van der Waals surface area contributed by atoms with Gasteiger partial charge >= 0.3 is 0 Å². The van der Waals surface area contributed by atoms with Crippen LogP contribution in [-0.4, -0.2) is 41.3 Å². The Labute approximate surface area is 209 Å². The Hall–Kier alpha value is -3.15. The summed E-state index contributed by atoms with van der Waals surface area (Å²) in [6, 6.07) is 15.3. The van der Waals surface area contributed by atoms with Crippen LogP contribution in [0.5, 0.6) is 5.75 Å². The predicted octanol–water partition coefficient (Wildman–Crippen LogP) is 3.41. The topological polar surface area (TPSA) is 92.6 Å². The average molecular weight is 566 g/mol. The highest BCUT2D eigenvalue weighted by molar-refractivity contribution is 14.0. The van der Waals surface area contributed by atoms with Crippen molar-refractivity contribution in [1.29, 1.82) is 0 Å². The van der Waals surface area contributed by atoms with E-state index in [1.165, 1.54) is 12.1 Å². The number of ether oxygens (including phenoxy) is 1. The largest absolute Gasteiger partial charge is 0.489 e. The van der Waals surface area contributed by atoms with Gasteiger partial charge in [0.15, 0.2) is 5.96 Å². The fraction of sp³-hybridized carbons (Fsp3) is 0.261. The summed E-state index contributed by atoms with van der Waals surface area (Å²) >= 11 is 0. The molecule has 1 aromatic heterocycles. The summed E-state index contributed by atoms with van der Waals surface area (Å²) in [7, 11) is 1.69. The number of hydrogen-bond acceptors (Lipinski definition) is 4. The zero-order chi connectivity index (χ0) is 22.8. The molecule has 3 aromatic rings. The number of nitrogens with one attached hydrogen (secondary N) is 3. The van der Waals surface area contributed by atoms with Gasteiger partial charge in [-0.25, -0.2) is 4.39 Å². The van der Waals surface area contributed by atoms with Crippen molar-refractivity contribution in [2.75, 3.05) is 18.9 Å².